The summed E-state index contributed by atoms with van der Waals surface area (Å²) >= 11 is 0. The van der Waals surface area contributed by atoms with Crippen LogP contribution in [-0.4, -0.2) is 87.3 Å². The van der Waals surface area contributed by atoms with Crippen LogP contribution in [0.4, 0.5) is 21.0 Å². The highest BCUT2D eigenvalue weighted by Crippen LogP contribution is 2.31. The van der Waals surface area contributed by atoms with Gasteiger partial charge in [0.15, 0.2) is 0 Å². The molecule has 17 nitrogen and oxygen atoms in total. The van der Waals surface area contributed by atoms with Gasteiger partial charge in [-0.15, -0.1) is 0 Å². The first-order valence-electron chi connectivity index (χ1n) is 22.8. The first-order valence-corrected chi connectivity index (χ1v) is 24.4. The van der Waals surface area contributed by atoms with Crippen LogP contribution in [0.5, 0.6) is 0 Å². The van der Waals surface area contributed by atoms with Gasteiger partial charge in [0, 0.05) is 55.2 Å². The Kier molecular flexibility index (Phi) is 17.4. The molecule has 0 aromatic heterocycles. The van der Waals surface area contributed by atoms with Gasteiger partial charge in [-0.2, -0.15) is 10.5 Å². The maximum atomic E-state index is 13.2. The van der Waals surface area contributed by atoms with E-state index in [1.165, 1.54) is 23.3 Å². The molecule has 7 amide bonds. The summed E-state index contributed by atoms with van der Waals surface area (Å²) in [5.41, 5.74) is 13.2. The number of piperidine rings is 2. The van der Waals surface area contributed by atoms with Crippen LogP contribution in [0.2, 0.25) is 0 Å². The Bertz CT molecular complexity index is 2900. The third kappa shape index (κ3) is 14.2. The van der Waals surface area contributed by atoms with E-state index >= 15 is 0 Å². The van der Waals surface area contributed by atoms with Crippen molar-refractivity contribution in [2.24, 2.45) is 10.9 Å². The van der Waals surface area contributed by atoms with Crippen molar-refractivity contribution in [2.45, 2.75) is 62.7 Å². The molecule has 2 fully saturated rings. The summed E-state index contributed by atoms with van der Waals surface area (Å²) in [7, 11) is -3.74. The van der Waals surface area contributed by atoms with Gasteiger partial charge in [-0.25, -0.2) is 23.1 Å². The molecule has 7 rings (SSSR count). The average Bonchev–Trinajstić information content (AvgIpc) is 3.37. The summed E-state index contributed by atoms with van der Waals surface area (Å²) in [6.45, 7) is 6.31. The van der Waals surface area contributed by atoms with E-state index in [-0.39, 0.29) is 23.3 Å². The predicted molar refractivity (Wildman–Crippen MR) is 265 cm³/mol. The lowest BCUT2D eigenvalue weighted by Gasteiger charge is -2.32. The molecule has 0 saturated carbocycles. The summed E-state index contributed by atoms with van der Waals surface area (Å²) in [6, 6.07) is 35.2. The van der Waals surface area contributed by atoms with Gasteiger partial charge in [0.05, 0.1) is 34.7 Å². The van der Waals surface area contributed by atoms with Crippen LogP contribution >= 0.6 is 0 Å². The van der Waals surface area contributed by atoms with Gasteiger partial charge >= 0.3 is 12.1 Å². The molecular formula is C52H56N10O7S. The van der Waals surface area contributed by atoms with Gasteiger partial charge in [-0.05, 0) is 146 Å². The Morgan fingerprint density at radius 3 is 1.41 bits per heavy atom. The molecule has 0 unspecified atom stereocenters. The number of primary sulfonamides is 1. The smallest absolute Gasteiger partial charge is 0.319 e. The minimum Gasteiger partial charge on any atom is -0.368 e. The molecule has 0 atom stereocenters. The molecule has 70 heavy (non-hydrogen) atoms. The Morgan fingerprint density at radius 2 is 1.03 bits per heavy atom. The molecule has 2 saturated heterocycles. The van der Waals surface area contributed by atoms with Crippen molar-refractivity contribution in [3.8, 4) is 12.1 Å². The second kappa shape index (κ2) is 23.8. The van der Waals surface area contributed by atoms with E-state index in [1.807, 2.05) is 78.2 Å². The van der Waals surface area contributed by atoms with Crippen molar-refractivity contribution in [3.05, 3.63) is 159 Å². The van der Waals surface area contributed by atoms with E-state index < -0.39 is 28.0 Å². The van der Waals surface area contributed by atoms with E-state index in [0.29, 0.717) is 84.6 Å². The van der Waals surface area contributed by atoms with Crippen LogP contribution in [0.25, 0.3) is 0 Å². The van der Waals surface area contributed by atoms with Crippen molar-refractivity contribution in [1.29, 1.82) is 10.5 Å². The van der Waals surface area contributed by atoms with E-state index in [0.717, 1.165) is 42.4 Å². The van der Waals surface area contributed by atoms with Crippen LogP contribution in [0.1, 0.15) is 97.2 Å². The lowest BCUT2D eigenvalue weighted by molar-refractivity contribution is -0.117. The fraction of sp³-hybridized carbons (Fsp3) is 0.288. The van der Waals surface area contributed by atoms with Crippen LogP contribution in [0, 0.1) is 36.5 Å². The minimum atomic E-state index is -3.74. The summed E-state index contributed by atoms with van der Waals surface area (Å²) in [6.07, 6.45) is 3.91. The molecule has 18 heteroatoms. The minimum absolute atomic E-state index is 0.0394. The van der Waals surface area contributed by atoms with Crippen LogP contribution in [0.3, 0.4) is 0 Å². The number of carbonyl (C=O) groups is 5. The molecule has 2 aliphatic rings. The zero-order valence-corrected chi connectivity index (χ0v) is 39.9. The monoisotopic (exact) mass is 964 g/mol. The lowest BCUT2D eigenvalue weighted by atomic mass is 9.89. The molecule has 362 valence electrons. The molecule has 0 bridgehead atoms. The first kappa shape index (κ1) is 51.3. The zero-order chi connectivity index (χ0) is 50.4. The number of likely N-dealkylation sites (tertiary alicyclic amines) is 2. The Morgan fingerprint density at radius 1 is 0.614 bits per heavy atom. The molecule has 0 spiro atoms. The van der Waals surface area contributed by atoms with Crippen molar-refractivity contribution < 1.29 is 32.4 Å². The van der Waals surface area contributed by atoms with Crippen molar-refractivity contribution in [3.63, 3.8) is 0 Å². The summed E-state index contributed by atoms with van der Waals surface area (Å²) in [5, 5.41) is 33.7. The Labute approximate surface area is 407 Å². The predicted octanol–water partition coefficient (Wildman–Crippen LogP) is 6.39. The van der Waals surface area contributed by atoms with Gasteiger partial charge < -0.3 is 36.8 Å². The van der Waals surface area contributed by atoms with Crippen molar-refractivity contribution >= 4 is 51.2 Å². The number of amides is 7. The number of carbonyl (C=O) groups excluding carboxylic acids is 5. The number of urea groups is 2. The molecular weight excluding hydrogens is 909 g/mol. The highest BCUT2D eigenvalue weighted by Gasteiger charge is 2.27. The quantitative estimate of drug-likeness (QED) is 0.0807. The molecule has 2 heterocycles. The number of nitrogens with zero attached hydrogens (tertiary/aromatic N) is 4. The summed E-state index contributed by atoms with van der Waals surface area (Å²) in [4.78, 5) is 65.1. The number of hydrogen-bond donors (Lipinski definition) is 6. The first-order chi connectivity index (χ1) is 33.5. The molecule has 8 N–H and O–H groups in total. The second-order valence-electron chi connectivity index (χ2n) is 17.3. The third-order valence-electron chi connectivity index (χ3n) is 12.4. The van der Waals surface area contributed by atoms with Crippen molar-refractivity contribution in [1.82, 2.24) is 20.4 Å². The highest BCUT2D eigenvalue weighted by molar-refractivity contribution is 7.89. The van der Waals surface area contributed by atoms with E-state index in [2.05, 4.69) is 33.4 Å². The third-order valence-corrected chi connectivity index (χ3v) is 13.4. The van der Waals surface area contributed by atoms with Gasteiger partial charge in [0.1, 0.15) is 0 Å². The molecule has 2 aliphatic heterocycles. The topological polar surface area (TPSA) is 274 Å². The number of aryl methyl sites for hydroxylation is 2. The zero-order valence-electron chi connectivity index (χ0n) is 39.0. The Balaban J connectivity index is 0.000000236. The average molecular weight is 965 g/mol. The maximum absolute atomic E-state index is 13.2. The second-order valence-corrected chi connectivity index (χ2v) is 18.8. The standard InChI is InChI=1S/C29H31N5O4S.C23H25N5O3/c1-20-2-7-25(28(35)34-16-13-24(14-17-34)23-8-3-22(19-30)4-9-23)18-27(20)33-29(36)32-15-12-21-5-10-26(11-6-21)39(31,37)38;1-15-2-5-19(12-20(15)27-23(31)26-14-21(25)29)22(30)28-10-8-18(9-11-28)17-6-3-16(13-24)4-7-17/h2-11,18,24H,12-17H2,1H3,(H2,31,37,38)(H2,32,33,36);2-7,12,18H,8-11,14H2,1H3,(H2,25,29)(H2,26,27,31). The number of hydrogen-bond acceptors (Lipinski definition) is 9. The molecule has 5 aromatic rings. The highest BCUT2D eigenvalue weighted by atomic mass is 32.2. The normalized spacial score (nSPS) is 13.9. The summed E-state index contributed by atoms with van der Waals surface area (Å²) in [5.74, 6) is -0.0767. The number of benzene rings is 5. The van der Waals surface area contributed by atoms with Gasteiger partial charge in [-0.1, -0.05) is 48.5 Å². The van der Waals surface area contributed by atoms with Gasteiger partial charge in [0.25, 0.3) is 11.8 Å². The number of nitrogens with one attached hydrogen (secondary N) is 4. The van der Waals surface area contributed by atoms with Crippen LogP contribution < -0.4 is 32.1 Å². The lowest BCUT2D eigenvalue weighted by Crippen LogP contribution is -2.38. The van der Waals surface area contributed by atoms with Gasteiger partial charge in [-0.3, -0.25) is 14.4 Å². The molecule has 0 radical (unpaired) electrons. The molecule has 5 aromatic carbocycles. The number of sulfonamides is 1. The van der Waals surface area contributed by atoms with Crippen LogP contribution in [0.15, 0.2) is 114 Å². The van der Waals surface area contributed by atoms with E-state index in [9.17, 15) is 32.4 Å². The number of nitrogens with two attached hydrogens (primary N) is 2. The maximum Gasteiger partial charge on any atom is 0.319 e. The Hall–Kier alpha value is -8.06. The number of nitriles is 2. The van der Waals surface area contributed by atoms with Gasteiger partial charge in [0.2, 0.25) is 15.9 Å². The van der Waals surface area contributed by atoms with E-state index in [4.69, 9.17) is 21.4 Å². The van der Waals surface area contributed by atoms with Crippen LogP contribution in [-0.2, 0) is 21.2 Å². The van der Waals surface area contributed by atoms with Crippen molar-refractivity contribution in [2.75, 3.05) is 49.9 Å². The number of primary amides is 1. The fourth-order valence-electron chi connectivity index (χ4n) is 8.30. The number of rotatable bonds is 12. The van der Waals surface area contributed by atoms with E-state index in [1.54, 1.807) is 42.5 Å². The SMILES string of the molecule is Cc1ccc(C(=O)N2CCC(c3ccc(C#N)cc3)CC2)cc1NC(=O)NCC(N)=O.Cc1ccc(C(=O)N2CCC(c3ccc(C#N)cc3)CC2)cc1NC(=O)NCCc1ccc(S(N)(=O)=O)cc1. The fourth-order valence-corrected chi connectivity index (χ4v) is 8.82. The summed E-state index contributed by atoms with van der Waals surface area (Å²) < 4.78 is 22.7. The number of anilines is 2. The largest absolute Gasteiger partial charge is 0.368 e. The molecule has 0 aliphatic carbocycles.